The maximum atomic E-state index is 7.58. The lowest BCUT2D eigenvalue weighted by Crippen LogP contribution is -2.06. The minimum atomic E-state index is 0.136. The molecule has 0 radical (unpaired) electrons. The first kappa shape index (κ1) is 10.6. The van der Waals surface area contributed by atoms with Crippen molar-refractivity contribution in [3.05, 3.63) is 29.3 Å². The molecule has 0 aromatic carbocycles. The first-order chi connectivity index (χ1) is 7.61. The standard InChI is InChI=1S/C10H9ClN4O/c1-5(12)7-8(13)9(14-15-10(7)11)6-2-3-16-4-6/h2-4,12H,1H3,(H2,13,15). The molecule has 0 saturated carbocycles. The Kier molecular flexibility index (Phi) is 2.62. The number of hydrogen-bond acceptors (Lipinski definition) is 5. The summed E-state index contributed by atoms with van der Waals surface area (Å²) in [5.41, 5.74) is 8.09. The van der Waals surface area contributed by atoms with Crippen LogP contribution in [0.5, 0.6) is 0 Å². The molecule has 0 amide bonds. The van der Waals surface area contributed by atoms with E-state index in [2.05, 4.69) is 10.2 Å². The summed E-state index contributed by atoms with van der Waals surface area (Å²) in [6.07, 6.45) is 3.03. The Hall–Kier alpha value is -1.88. The van der Waals surface area contributed by atoms with Crippen LogP contribution in [-0.2, 0) is 0 Å². The van der Waals surface area contributed by atoms with Gasteiger partial charge in [-0.3, -0.25) is 0 Å². The Balaban J connectivity index is 2.66. The molecule has 0 aliphatic carbocycles. The third-order valence-electron chi connectivity index (χ3n) is 2.14. The third-order valence-corrected chi connectivity index (χ3v) is 2.40. The van der Waals surface area contributed by atoms with Crippen LogP contribution < -0.4 is 5.73 Å². The highest BCUT2D eigenvalue weighted by atomic mass is 35.5. The van der Waals surface area contributed by atoms with E-state index >= 15 is 0 Å². The van der Waals surface area contributed by atoms with Crippen molar-refractivity contribution in [1.29, 1.82) is 5.41 Å². The van der Waals surface area contributed by atoms with Crippen LogP contribution >= 0.6 is 11.6 Å². The molecule has 2 heterocycles. The topological polar surface area (TPSA) is 88.8 Å². The van der Waals surface area contributed by atoms with Crippen molar-refractivity contribution < 1.29 is 4.42 Å². The molecule has 2 aromatic rings. The normalized spacial score (nSPS) is 10.4. The quantitative estimate of drug-likeness (QED) is 0.784. The number of nitrogens with zero attached hydrogens (tertiary/aromatic N) is 2. The molecule has 0 saturated heterocycles. The first-order valence-corrected chi connectivity index (χ1v) is 4.88. The Morgan fingerprint density at radius 2 is 2.25 bits per heavy atom. The third kappa shape index (κ3) is 1.65. The van der Waals surface area contributed by atoms with Gasteiger partial charge in [0.1, 0.15) is 5.69 Å². The van der Waals surface area contributed by atoms with E-state index in [1.807, 2.05) is 0 Å². The van der Waals surface area contributed by atoms with E-state index in [9.17, 15) is 0 Å². The van der Waals surface area contributed by atoms with Crippen molar-refractivity contribution in [2.24, 2.45) is 0 Å². The number of furan rings is 1. The van der Waals surface area contributed by atoms with Crippen LogP contribution in [-0.4, -0.2) is 15.9 Å². The summed E-state index contributed by atoms with van der Waals surface area (Å²) in [6.45, 7) is 1.60. The van der Waals surface area contributed by atoms with Crippen LogP contribution in [0.15, 0.2) is 23.0 Å². The van der Waals surface area contributed by atoms with Gasteiger partial charge in [-0.25, -0.2) is 0 Å². The molecule has 2 aromatic heterocycles. The van der Waals surface area contributed by atoms with Gasteiger partial charge in [0.2, 0.25) is 0 Å². The second kappa shape index (κ2) is 3.94. The average Bonchev–Trinajstić information content (AvgIpc) is 2.70. The van der Waals surface area contributed by atoms with Crippen LogP contribution in [0.25, 0.3) is 11.3 Å². The number of nitrogen functional groups attached to an aromatic ring is 1. The molecule has 0 unspecified atom stereocenters. The van der Waals surface area contributed by atoms with E-state index in [-0.39, 0.29) is 10.9 Å². The van der Waals surface area contributed by atoms with Gasteiger partial charge in [0, 0.05) is 11.3 Å². The van der Waals surface area contributed by atoms with Crippen LogP contribution in [0, 0.1) is 5.41 Å². The van der Waals surface area contributed by atoms with E-state index in [1.165, 1.54) is 12.5 Å². The minimum Gasteiger partial charge on any atom is -0.472 e. The molecule has 5 nitrogen and oxygen atoms in total. The molecule has 2 rings (SSSR count). The lowest BCUT2D eigenvalue weighted by molar-refractivity contribution is 0.568. The minimum absolute atomic E-state index is 0.136. The van der Waals surface area contributed by atoms with Crippen LogP contribution in [0.2, 0.25) is 5.15 Å². The molecular formula is C10H9ClN4O. The number of halogens is 1. The van der Waals surface area contributed by atoms with E-state index in [4.69, 9.17) is 27.2 Å². The fraction of sp³-hybridized carbons (Fsp3) is 0.100. The number of rotatable bonds is 2. The van der Waals surface area contributed by atoms with Crippen LogP contribution in [0.1, 0.15) is 12.5 Å². The van der Waals surface area contributed by atoms with Crippen molar-refractivity contribution in [2.75, 3.05) is 5.73 Å². The summed E-state index contributed by atoms with van der Waals surface area (Å²) in [4.78, 5) is 0. The van der Waals surface area contributed by atoms with Crippen molar-refractivity contribution in [2.45, 2.75) is 6.92 Å². The Bertz CT molecular complexity index is 536. The lowest BCUT2D eigenvalue weighted by atomic mass is 10.1. The fourth-order valence-corrected chi connectivity index (χ4v) is 1.68. The van der Waals surface area contributed by atoms with Crippen molar-refractivity contribution in [3.8, 4) is 11.3 Å². The SMILES string of the molecule is CC(=N)c1c(Cl)nnc(-c2ccoc2)c1N. The zero-order chi connectivity index (χ0) is 11.7. The van der Waals surface area contributed by atoms with Crippen molar-refractivity contribution >= 4 is 23.0 Å². The average molecular weight is 237 g/mol. The Morgan fingerprint density at radius 1 is 1.50 bits per heavy atom. The van der Waals surface area contributed by atoms with E-state index in [0.29, 0.717) is 22.5 Å². The second-order valence-electron chi connectivity index (χ2n) is 3.27. The molecule has 0 spiro atoms. The van der Waals surface area contributed by atoms with Crippen LogP contribution in [0.3, 0.4) is 0 Å². The van der Waals surface area contributed by atoms with Gasteiger partial charge < -0.3 is 15.6 Å². The summed E-state index contributed by atoms with van der Waals surface area (Å²) in [7, 11) is 0. The van der Waals surface area contributed by atoms with Gasteiger partial charge in [0.15, 0.2) is 5.15 Å². The summed E-state index contributed by atoms with van der Waals surface area (Å²) < 4.78 is 4.94. The summed E-state index contributed by atoms with van der Waals surface area (Å²) >= 11 is 5.84. The largest absolute Gasteiger partial charge is 0.472 e. The molecule has 16 heavy (non-hydrogen) atoms. The molecule has 0 aliphatic rings. The lowest BCUT2D eigenvalue weighted by Gasteiger charge is -2.08. The predicted molar refractivity (Wildman–Crippen MR) is 61.7 cm³/mol. The van der Waals surface area contributed by atoms with E-state index < -0.39 is 0 Å². The molecule has 0 aliphatic heterocycles. The van der Waals surface area contributed by atoms with E-state index in [1.54, 1.807) is 13.0 Å². The van der Waals surface area contributed by atoms with Gasteiger partial charge in [-0.15, -0.1) is 10.2 Å². The Morgan fingerprint density at radius 3 is 2.81 bits per heavy atom. The highest BCUT2D eigenvalue weighted by molar-refractivity contribution is 6.33. The molecular weight excluding hydrogens is 228 g/mol. The van der Waals surface area contributed by atoms with Gasteiger partial charge in [0.25, 0.3) is 0 Å². The van der Waals surface area contributed by atoms with Crippen LogP contribution in [0.4, 0.5) is 5.69 Å². The molecule has 3 N–H and O–H groups in total. The number of anilines is 1. The first-order valence-electron chi connectivity index (χ1n) is 4.51. The predicted octanol–water partition coefficient (Wildman–Crippen LogP) is 2.36. The molecule has 82 valence electrons. The molecule has 0 bridgehead atoms. The van der Waals surface area contributed by atoms with Crippen molar-refractivity contribution in [1.82, 2.24) is 10.2 Å². The van der Waals surface area contributed by atoms with Gasteiger partial charge in [-0.1, -0.05) is 11.6 Å². The zero-order valence-electron chi connectivity index (χ0n) is 8.49. The number of nitrogens with two attached hydrogens (primary N) is 1. The maximum Gasteiger partial charge on any atom is 0.162 e. The van der Waals surface area contributed by atoms with Crippen molar-refractivity contribution in [3.63, 3.8) is 0 Å². The number of hydrogen-bond donors (Lipinski definition) is 2. The van der Waals surface area contributed by atoms with Gasteiger partial charge in [0.05, 0.1) is 23.8 Å². The summed E-state index contributed by atoms with van der Waals surface area (Å²) in [5.74, 6) is 0. The molecule has 6 heteroatoms. The van der Waals surface area contributed by atoms with E-state index in [0.717, 1.165) is 0 Å². The highest BCUT2D eigenvalue weighted by Gasteiger charge is 2.16. The van der Waals surface area contributed by atoms with Gasteiger partial charge in [-0.2, -0.15) is 0 Å². The monoisotopic (exact) mass is 236 g/mol. The summed E-state index contributed by atoms with van der Waals surface area (Å²) in [6, 6.07) is 1.72. The number of nitrogens with one attached hydrogen (secondary N) is 1. The maximum absolute atomic E-state index is 7.58. The number of aromatic nitrogens is 2. The summed E-state index contributed by atoms with van der Waals surface area (Å²) in [5, 5.41) is 15.4. The smallest absolute Gasteiger partial charge is 0.162 e. The van der Waals surface area contributed by atoms with Gasteiger partial charge in [-0.05, 0) is 13.0 Å². The fourth-order valence-electron chi connectivity index (χ4n) is 1.40. The Labute approximate surface area is 96.7 Å². The highest BCUT2D eigenvalue weighted by Crippen LogP contribution is 2.29. The van der Waals surface area contributed by atoms with Gasteiger partial charge >= 0.3 is 0 Å². The molecule has 0 atom stereocenters. The zero-order valence-corrected chi connectivity index (χ0v) is 9.25. The molecule has 0 fully saturated rings. The second-order valence-corrected chi connectivity index (χ2v) is 3.62.